The van der Waals surface area contributed by atoms with Crippen LogP contribution in [0.25, 0.3) is 11.4 Å². The smallest absolute Gasteiger partial charge is 0.254 e. The maximum absolute atomic E-state index is 12.9. The lowest BCUT2D eigenvalue weighted by Gasteiger charge is -2.35. The molecule has 1 aliphatic heterocycles. The minimum Gasteiger partial charge on any atom is -0.339 e. The fraction of sp³-hybridized carbons (Fsp3) is 0.400. The van der Waals surface area contributed by atoms with Gasteiger partial charge in [-0.25, -0.2) is 0 Å². The normalized spacial score (nSPS) is 14.7. The number of aromatic nitrogens is 2. The van der Waals surface area contributed by atoms with E-state index >= 15 is 0 Å². The van der Waals surface area contributed by atoms with Gasteiger partial charge in [-0.05, 0) is 45.4 Å². The first kappa shape index (κ1) is 21.2. The molecule has 1 saturated heterocycles. The fourth-order valence-corrected chi connectivity index (χ4v) is 3.94. The van der Waals surface area contributed by atoms with Crippen molar-refractivity contribution in [3.8, 4) is 11.4 Å². The molecule has 0 bridgehead atoms. The highest BCUT2D eigenvalue weighted by molar-refractivity contribution is 5.95. The Labute approximate surface area is 183 Å². The Morgan fingerprint density at radius 2 is 1.68 bits per heavy atom. The molecule has 0 saturated carbocycles. The Morgan fingerprint density at radius 3 is 2.42 bits per heavy atom. The van der Waals surface area contributed by atoms with Crippen LogP contribution < -0.4 is 0 Å². The number of aryl methyl sites for hydroxylation is 4. The highest BCUT2D eigenvalue weighted by Crippen LogP contribution is 2.18. The molecule has 0 aliphatic carbocycles. The summed E-state index contributed by atoms with van der Waals surface area (Å²) < 4.78 is 5.42. The van der Waals surface area contributed by atoms with Crippen molar-refractivity contribution in [2.24, 2.45) is 0 Å². The topological polar surface area (TPSA) is 62.5 Å². The molecular formula is C25H30N4O2. The van der Waals surface area contributed by atoms with E-state index in [1.54, 1.807) is 0 Å². The highest BCUT2D eigenvalue weighted by atomic mass is 16.5. The maximum Gasteiger partial charge on any atom is 0.254 e. The number of carbonyl (C=O) groups is 1. The minimum absolute atomic E-state index is 0.148. The quantitative estimate of drug-likeness (QED) is 0.604. The van der Waals surface area contributed by atoms with Gasteiger partial charge >= 0.3 is 0 Å². The van der Waals surface area contributed by atoms with E-state index in [2.05, 4.69) is 40.2 Å². The Bertz CT molecular complexity index is 1030. The molecule has 1 amide bonds. The van der Waals surface area contributed by atoms with E-state index in [-0.39, 0.29) is 5.91 Å². The summed E-state index contributed by atoms with van der Waals surface area (Å²) in [4.78, 5) is 21.8. The van der Waals surface area contributed by atoms with Crippen molar-refractivity contribution >= 4 is 5.91 Å². The first-order valence-electron chi connectivity index (χ1n) is 11.0. The summed E-state index contributed by atoms with van der Waals surface area (Å²) >= 11 is 0. The van der Waals surface area contributed by atoms with Crippen molar-refractivity contribution in [1.82, 2.24) is 19.9 Å². The molecule has 0 unspecified atom stereocenters. The van der Waals surface area contributed by atoms with Gasteiger partial charge in [0, 0.05) is 43.7 Å². The molecule has 0 radical (unpaired) electrons. The molecule has 162 valence electrons. The fourth-order valence-electron chi connectivity index (χ4n) is 3.94. The van der Waals surface area contributed by atoms with Gasteiger partial charge in [-0.15, -0.1) is 0 Å². The summed E-state index contributed by atoms with van der Waals surface area (Å²) in [5, 5.41) is 4.11. The zero-order valence-corrected chi connectivity index (χ0v) is 18.6. The maximum atomic E-state index is 12.9. The zero-order chi connectivity index (χ0) is 21.8. The molecule has 0 N–H and O–H groups in total. The monoisotopic (exact) mass is 418 g/mol. The summed E-state index contributed by atoms with van der Waals surface area (Å²) in [6.07, 6.45) is 1.72. The number of hydrogen-bond acceptors (Lipinski definition) is 5. The van der Waals surface area contributed by atoms with Crippen LogP contribution >= 0.6 is 0 Å². The van der Waals surface area contributed by atoms with Crippen molar-refractivity contribution in [3.63, 3.8) is 0 Å². The van der Waals surface area contributed by atoms with E-state index < -0.39 is 0 Å². The van der Waals surface area contributed by atoms with Gasteiger partial charge in [0.25, 0.3) is 5.91 Å². The molecule has 3 aromatic rings. The van der Waals surface area contributed by atoms with Crippen LogP contribution in [0.1, 0.15) is 39.4 Å². The largest absolute Gasteiger partial charge is 0.339 e. The van der Waals surface area contributed by atoms with Crippen molar-refractivity contribution in [2.75, 3.05) is 32.7 Å². The number of piperazine rings is 1. The molecule has 6 nitrogen and oxygen atoms in total. The first-order valence-corrected chi connectivity index (χ1v) is 11.0. The van der Waals surface area contributed by atoms with E-state index in [0.717, 1.165) is 67.8 Å². The lowest BCUT2D eigenvalue weighted by molar-refractivity contribution is 0.0635. The summed E-state index contributed by atoms with van der Waals surface area (Å²) in [6, 6.07) is 14.2. The number of nitrogens with zero attached hydrogens (tertiary/aromatic N) is 4. The first-order chi connectivity index (χ1) is 15.0. The molecule has 31 heavy (non-hydrogen) atoms. The van der Waals surface area contributed by atoms with E-state index in [4.69, 9.17) is 4.52 Å². The van der Waals surface area contributed by atoms with Gasteiger partial charge in [0.15, 0.2) is 0 Å². The molecule has 1 aromatic heterocycles. The van der Waals surface area contributed by atoms with E-state index in [0.29, 0.717) is 11.7 Å². The van der Waals surface area contributed by atoms with Gasteiger partial charge in [0.1, 0.15) is 0 Å². The van der Waals surface area contributed by atoms with Crippen molar-refractivity contribution in [1.29, 1.82) is 0 Å². The van der Waals surface area contributed by atoms with Gasteiger partial charge < -0.3 is 9.42 Å². The Hall–Kier alpha value is -2.99. The van der Waals surface area contributed by atoms with Crippen LogP contribution in [0.2, 0.25) is 0 Å². The number of hydrogen-bond donors (Lipinski definition) is 0. The molecule has 1 aliphatic rings. The average Bonchev–Trinajstić information content (AvgIpc) is 3.25. The summed E-state index contributed by atoms with van der Waals surface area (Å²) in [6.45, 7) is 10.4. The van der Waals surface area contributed by atoms with Gasteiger partial charge in [0.2, 0.25) is 11.7 Å². The van der Waals surface area contributed by atoms with Crippen molar-refractivity contribution < 1.29 is 9.32 Å². The minimum atomic E-state index is 0.148. The Morgan fingerprint density at radius 1 is 0.968 bits per heavy atom. The van der Waals surface area contributed by atoms with Crippen molar-refractivity contribution in [3.05, 3.63) is 70.6 Å². The van der Waals surface area contributed by atoms with Crippen LogP contribution in [0.15, 0.2) is 47.0 Å². The highest BCUT2D eigenvalue weighted by Gasteiger charge is 2.23. The van der Waals surface area contributed by atoms with Gasteiger partial charge in [-0.1, -0.05) is 52.7 Å². The van der Waals surface area contributed by atoms with Gasteiger partial charge in [-0.3, -0.25) is 9.69 Å². The van der Waals surface area contributed by atoms with Crippen LogP contribution in [0, 0.1) is 20.8 Å². The Kier molecular flexibility index (Phi) is 6.47. The standard InChI is InChI=1S/C25H30N4O2/c1-18-7-10-21(11-8-18)24-26-23(31-27-24)5-4-12-28-13-15-29(16-14-28)25(30)22-17-19(2)6-9-20(22)3/h6-11,17H,4-5,12-16H2,1-3H3. The summed E-state index contributed by atoms with van der Waals surface area (Å²) in [5.41, 5.74) is 5.18. The third-order valence-electron chi connectivity index (χ3n) is 5.93. The third-order valence-corrected chi connectivity index (χ3v) is 5.93. The second-order valence-electron chi connectivity index (χ2n) is 8.43. The zero-order valence-electron chi connectivity index (χ0n) is 18.6. The Balaban J connectivity index is 1.23. The van der Waals surface area contributed by atoms with E-state index in [1.807, 2.05) is 43.0 Å². The third kappa shape index (κ3) is 5.20. The van der Waals surface area contributed by atoms with Crippen molar-refractivity contribution in [2.45, 2.75) is 33.6 Å². The predicted molar refractivity (Wildman–Crippen MR) is 121 cm³/mol. The lowest BCUT2D eigenvalue weighted by atomic mass is 10.0. The summed E-state index contributed by atoms with van der Waals surface area (Å²) in [7, 11) is 0. The molecule has 4 rings (SSSR count). The van der Waals surface area contributed by atoms with E-state index in [1.165, 1.54) is 5.56 Å². The average molecular weight is 419 g/mol. The van der Waals surface area contributed by atoms with Crippen LogP contribution in [-0.2, 0) is 6.42 Å². The molecular weight excluding hydrogens is 388 g/mol. The number of carbonyl (C=O) groups excluding carboxylic acids is 1. The predicted octanol–water partition coefficient (Wildman–Crippen LogP) is 4.05. The lowest BCUT2D eigenvalue weighted by Crippen LogP contribution is -2.49. The SMILES string of the molecule is Cc1ccc(-c2noc(CCCN3CCN(C(=O)c4cc(C)ccc4C)CC3)n2)cc1. The van der Waals surface area contributed by atoms with Gasteiger partial charge in [0.05, 0.1) is 0 Å². The van der Waals surface area contributed by atoms with E-state index in [9.17, 15) is 4.79 Å². The van der Waals surface area contributed by atoms with Crippen LogP contribution in [0.5, 0.6) is 0 Å². The molecule has 6 heteroatoms. The molecule has 2 aromatic carbocycles. The summed E-state index contributed by atoms with van der Waals surface area (Å²) in [5.74, 6) is 1.48. The molecule has 0 atom stereocenters. The number of benzene rings is 2. The van der Waals surface area contributed by atoms with Crippen LogP contribution in [0.4, 0.5) is 0 Å². The number of rotatable bonds is 6. The number of amides is 1. The second-order valence-corrected chi connectivity index (χ2v) is 8.43. The molecule has 1 fully saturated rings. The molecule has 0 spiro atoms. The molecule has 2 heterocycles. The van der Waals surface area contributed by atoms with Gasteiger partial charge in [-0.2, -0.15) is 4.98 Å². The second kappa shape index (κ2) is 9.43. The van der Waals surface area contributed by atoms with Crippen LogP contribution in [0.3, 0.4) is 0 Å². The van der Waals surface area contributed by atoms with Crippen LogP contribution in [-0.4, -0.2) is 58.6 Å².